The van der Waals surface area contributed by atoms with Crippen LogP contribution in [0, 0.1) is 10.1 Å². The number of carbonyl (C=O) groups is 1. The molecule has 2 rings (SSSR count). The fourth-order valence-electron chi connectivity index (χ4n) is 2.10. The summed E-state index contributed by atoms with van der Waals surface area (Å²) in [4.78, 5) is 21.3. The quantitative estimate of drug-likeness (QED) is 0.444. The fraction of sp³-hybridized carbons (Fsp3) is 0.154. The minimum absolute atomic E-state index is 0.0124. The molecule has 0 fully saturated rings. The maximum Gasteiger partial charge on any atom is 0.410 e. The van der Waals surface area contributed by atoms with Crippen LogP contribution < -0.4 is 5.32 Å². The lowest BCUT2D eigenvalue weighted by atomic mass is 9.89. The molecule has 20 heavy (non-hydrogen) atoms. The number of carboxylic acid groups (broad SMARTS) is 1. The normalized spacial score (nSPS) is 21.1. The molecule has 1 atom stereocenters. The van der Waals surface area contributed by atoms with Crippen molar-refractivity contribution in [3.05, 3.63) is 58.2 Å². The van der Waals surface area contributed by atoms with Gasteiger partial charge >= 0.3 is 11.8 Å². The first-order valence-electron chi connectivity index (χ1n) is 5.77. The van der Waals surface area contributed by atoms with Crippen molar-refractivity contribution in [2.45, 2.75) is 12.1 Å². The van der Waals surface area contributed by atoms with Crippen molar-refractivity contribution in [3.63, 3.8) is 0 Å². The molecule has 0 heterocycles. The summed E-state index contributed by atoms with van der Waals surface area (Å²) in [5.41, 5.74) is -0.996. The van der Waals surface area contributed by atoms with Crippen molar-refractivity contribution in [3.8, 4) is 5.75 Å². The van der Waals surface area contributed by atoms with E-state index in [0.717, 1.165) is 0 Å². The molecule has 0 aromatic heterocycles. The summed E-state index contributed by atoms with van der Waals surface area (Å²) < 4.78 is 0. The highest BCUT2D eigenvalue weighted by Crippen LogP contribution is 2.34. The third-order valence-electron chi connectivity index (χ3n) is 3.03. The number of rotatable bonds is 3. The smallest absolute Gasteiger partial charge is 0.410 e. The van der Waals surface area contributed by atoms with E-state index in [1.807, 2.05) is 5.32 Å². The highest BCUT2D eigenvalue weighted by atomic mass is 16.6. The van der Waals surface area contributed by atoms with Gasteiger partial charge in [0.1, 0.15) is 5.75 Å². The van der Waals surface area contributed by atoms with Crippen LogP contribution in [0.5, 0.6) is 5.75 Å². The predicted molar refractivity (Wildman–Crippen MR) is 70.7 cm³/mol. The first-order valence-corrected chi connectivity index (χ1v) is 5.77. The molecule has 1 amide bonds. The van der Waals surface area contributed by atoms with Gasteiger partial charge in [0, 0.05) is 11.6 Å². The molecule has 1 aromatic rings. The van der Waals surface area contributed by atoms with Gasteiger partial charge in [-0.15, -0.1) is 0 Å². The summed E-state index contributed by atoms with van der Waals surface area (Å²) in [7, 11) is 0. The molecule has 1 aliphatic rings. The lowest BCUT2D eigenvalue weighted by Crippen LogP contribution is -2.53. The van der Waals surface area contributed by atoms with Gasteiger partial charge in [0.25, 0.3) is 0 Å². The van der Waals surface area contributed by atoms with E-state index >= 15 is 0 Å². The lowest BCUT2D eigenvalue weighted by molar-refractivity contribution is -0.559. The van der Waals surface area contributed by atoms with E-state index in [1.54, 1.807) is 24.3 Å². The molecule has 0 bridgehead atoms. The molecule has 0 spiro atoms. The van der Waals surface area contributed by atoms with Gasteiger partial charge in [-0.3, -0.25) is 15.4 Å². The number of para-hydroxylation sites is 1. The van der Waals surface area contributed by atoms with E-state index < -0.39 is 16.7 Å². The van der Waals surface area contributed by atoms with E-state index in [-0.39, 0.29) is 12.2 Å². The number of phenolic OH excluding ortho intramolecular Hbond substituents is 1. The van der Waals surface area contributed by atoms with Crippen LogP contribution >= 0.6 is 0 Å². The van der Waals surface area contributed by atoms with Crippen LogP contribution in [-0.2, 0) is 0 Å². The van der Waals surface area contributed by atoms with Gasteiger partial charge < -0.3 is 10.2 Å². The van der Waals surface area contributed by atoms with Gasteiger partial charge in [-0.1, -0.05) is 30.4 Å². The van der Waals surface area contributed by atoms with Gasteiger partial charge in [0.15, 0.2) is 0 Å². The van der Waals surface area contributed by atoms with Gasteiger partial charge in [-0.05, 0) is 11.6 Å². The van der Waals surface area contributed by atoms with Crippen LogP contribution in [-0.4, -0.2) is 26.9 Å². The van der Waals surface area contributed by atoms with Crippen LogP contribution in [0.15, 0.2) is 42.5 Å². The molecule has 0 radical (unpaired) electrons. The summed E-state index contributed by atoms with van der Waals surface area (Å²) in [6.07, 6.45) is 2.54. The molecule has 1 aromatic carbocycles. The molecule has 1 unspecified atom stereocenters. The molecule has 104 valence electrons. The monoisotopic (exact) mass is 276 g/mol. The lowest BCUT2D eigenvalue weighted by Gasteiger charge is -2.25. The van der Waals surface area contributed by atoms with E-state index in [0.29, 0.717) is 11.1 Å². The second-order valence-electron chi connectivity index (χ2n) is 4.36. The van der Waals surface area contributed by atoms with Crippen LogP contribution in [0.4, 0.5) is 4.79 Å². The Kier molecular flexibility index (Phi) is 3.43. The second-order valence-corrected chi connectivity index (χ2v) is 4.36. The topological polar surface area (TPSA) is 113 Å². The molecule has 0 aliphatic heterocycles. The molecular formula is C13H12N2O5. The minimum Gasteiger partial charge on any atom is -0.507 e. The second kappa shape index (κ2) is 5.04. The zero-order chi connectivity index (χ0) is 14.8. The number of nitro groups is 1. The molecule has 0 saturated heterocycles. The van der Waals surface area contributed by atoms with Gasteiger partial charge in [0.05, 0.1) is 11.3 Å². The highest BCUT2D eigenvalue weighted by Gasteiger charge is 2.44. The first kappa shape index (κ1) is 13.6. The number of phenols is 1. The van der Waals surface area contributed by atoms with Crippen molar-refractivity contribution < 1.29 is 19.9 Å². The number of benzene rings is 1. The number of nitrogens with zero attached hydrogens (tertiary/aromatic N) is 1. The van der Waals surface area contributed by atoms with Gasteiger partial charge in [-0.25, -0.2) is 4.79 Å². The van der Waals surface area contributed by atoms with Crippen molar-refractivity contribution in [2.24, 2.45) is 0 Å². The maximum absolute atomic E-state index is 11.2. The minimum atomic E-state index is -1.92. The SMILES string of the molecule is O=C(O)NC1([N+](=O)[O-])C=CC=C(c2ccccc2O)C1. The van der Waals surface area contributed by atoms with E-state index in [1.165, 1.54) is 18.2 Å². The number of hydrogen-bond acceptors (Lipinski definition) is 4. The highest BCUT2D eigenvalue weighted by molar-refractivity contribution is 5.75. The molecule has 7 heteroatoms. The van der Waals surface area contributed by atoms with E-state index in [9.17, 15) is 20.0 Å². The van der Waals surface area contributed by atoms with E-state index in [4.69, 9.17) is 5.11 Å². The number of hydrogen-bond donors (Lipinski definition) is 3. The zero-order valence-corrected chi connectivity index (χ0v) is 10.3. The third kappa shape index (κ3) is 2.46. The third-order valence-corrected chi connectivity index (χ3v) is 3.03. The summed E-state index contributed by atoms with van der Waals surface area (Å²) in [6, 6.07) is 6.40. The van der Waals surface area contributed by atoms with Crippen LogP contribution in [0.1, 0.15) is 12.0 Å². The predicted octanol–water partition coefficient (Wildman–Crippen LogP) is 1.98. The molecule has 0 saturated carbocycles. The standard InChI is InChI=1S/C13H12N2O5/c16-11-6-2-1-5-10(11)9-4-3-7-13(8-9,15(19)20)14-12(17)18/h1-7,14,16H,8H2,(H,17,18). The Morgan fingerprint density at radius 3 is 2.70 bits per heavy atom. The number of aromatic hydroxyl groups is 1. The summed E-state index contributed by atoms with van der Waals surface area (Å²) >= 11 is 0. The Morgan fingerprint density at radius 2 is 2.10 bits per heavy atom. The molecular weight excluding hydrogens is 264 g/mol. The van der Waals surface area contributed by atoms with Crippen LogP contribution in [0.3, 0.4) is 0 Å². The number of allylic oxidation sites excluding steroid dienone is 2. The van der Waals surface area contributed by atoms with Crippen molar-refractivity contribution in [1.82, 2.24) is 5.32 Å². The summed E-state index contributed by atoms with van der Waals surface area (Å²) in [6.45, 7) is 0. The number of nitrogens with one attached hydrogen (secondary N) is 1. The maximum atomic E-state index is 11.2. The van der Waals surface area contributed by atoms with Crippen molar-refractivity contribution >= 4 is 11.7 Å². The van der Waals surface area contributed by atoms with E-state index in [2.05, 4.69) is 0 Å². The first-order chi connectivity index (χ1) is 9.44. The Hall–Kier alpha value is -2.83. The Morgan fingerprint density at radius 1 is 1.40 bits per heavy atom. The Balaban J connectivity index is 2.39. The van der Waals surface area contributed by atoms with Gasteiger partial charge in [-0.2, -0.15) is 0 Å². The summed E-state index contributed by atoms with van der Waals surface area (Å²) in [5.74, 6) is -0.0124. The van der Waals surface area contributed by atoms with Crippen molar-refractivity contribution in [1.29, 1.82) is 0 Å². The largest absolute Gasteiger partial charge is 0.507 e. The number of amides is 1. The Bertz CT molecular complexity index is 623. The van der Waals surface area contributed by atoms with Crippen LogP contribution in [0.2, 0.25) is 0 Å². The van der Waals surface area contributed by atoms with Crippen LogP contribution in [0.25, 0.3) is 5.57 Å². The zero-order valence-electron chi connectivity index (χ0n) is 10.3. The average Bonchev–Trinajstić information content (AvgIpc) is 2.38. The van der Waals surface area contributed by atoms with Crippen molar-refractivity contribution in [2.75, 3.05) is 0 Å². The Labute approximate surface area is 114 Å². The average molecular weight is 276 g/mol. The summed E-state index contributed by atoms with van der Waals surface area (Å²) in [5, 5.41) is 31.7. The molecule has 3 N–H and O–H groups in total. The fourth-order valence-corrected chi connectivity index (χ4v) is 2.10. The van der Waals surface area contributed by atoms with Gasteiger partial charge in [0.2, 0.25) is 0 Å². The molecule has 7 nitrogen and oxygen atoms in total. The molecule has 1 aliphatic carbocycles.